The van der Waals surface area contributed by atoms with Crippen LogP contribution in [0.3, 0.4) is 0 Å². The van der Waals surface area contributed by atoms with Gasteiger partial charge in [-0.1, -0.05) is 0 Å². The van der Waals surface area contributed by atoms with Crippen molar-refractivity contribution in [1.29, 1.82) is 0 Å². The highest BCUT2D eigenvalue weighted by Gasteiger charge is 1.96. The molecule has 0 unspecified atom stereocenters. The van der Waals surface area contributed by atoms with E-state index in [9.17, 15) is 4.79 Å². The third kappa shape index (κ3) is 3.34. The standard InChI is InChI=1S/C7H10N2O2S/c10-7(11)9-3-1-2-6-8-4-5-12-6/h4-5,9H,1-3H2,(H,10,11). The van der Waals surface area contributed by atoms with E-state index in [1.165, 1.54) is 0 Å². The van der Waals surface area contributed by atoms with Gasteiger partial charge in [-0.3, -0.25) is 0 Å². The first kappa shape index (κ1) is 8.99. The quantitative estimate of drug-likeness (QED) is 0.697. The number of amides is 1. The normalized spacial score (nSPS) is 9.67. The van der Waals surface area contributed by atoms with Gasteiger partial charge in [0.15, 0.2) is 0 Å². The number of hydrogen-bond donors (Lipinski definition) is 2. The van der Waals surface area contributed by atoms with E-state index in [0.717, 1.165) is 17.8 Å². The summed E-state index contributed by atoms with van der Waals surface area (Å²) in [6.07, 6.45) is 2.44. The van der Waals surface area contributed by atoms with Crippen LogP contribution < -0.4 is 5.32 Å². The summed E-state index contributed by atoms with van der Waals surface area (Å²) in [6.45, 7) is 0.495. The molecule has 1 heterocycles. The lowest BCUT2D eigenvalue weighted by Crippen LogP contribution is -2.22. The van der Waals surface area contributed by atoms with Crippen molar-refractivity contribution in [3.8, 4) is 0 Å². The molecule has 4 nitrogen and oxygen atoms in total. The average Bonchev–Trinajstić information content (AvgIpc) is 2.49. The number of carboxylic acid groups (broad SMARTS) is 1. The second-order valence-electron chi connectivity index (χ2n) is 2.26. The third-order valence-corrected chi connectivity index (χ3v) is 2.17. The molecule has 0 radical (unpaired) electrons. The highest BCUT2D eigenvalue weighted by atomic mass is 32.1. The summed E-state index contributed by atoms with van der Waals surface area (Å²) in [4.78, 5) is 14.1. The molecule has 2 N–H and O–H groups in total. The molecule has 1 aromatic rings. The first-order valence-corrected chi connectivity index (χ1v) is 4.52. The minimum Gasteiger partial charge on any atom is -0.465 e. The smallest absolute Gasteiger partial charge is 0.404 e. The maximum absolute atomic E-state index is 10.0. The molecule has 1 amide bonds. The summed E-state index contributed by atoms with van der Waals surface area (Å²) in [5, 5.41) is 13.5. The summed E-state index contributed by atoms with van der Waals surface area (Å²) in [6, 6.07) is 0. The molecule has 0 aromatic carbocycles. The number of thiazole rings is 1. The van der Waals surface area contributed by atoms with Gasteiger partial charge in [0, 0.05) is 24.5 Å². The highest BCUT2D eigenvalue weighted by molar-refractivity contribution is 7.09. The summed E-state index contributed by atoms with van der Waals surface area (Å²) < 4.78 is 0. The Morgan fingerprint density at radius 3 is 3.17 bits per heavy atom. The molecule has 1 aromatic heterocycles. The third-order valence-electron chi connectivity index (χ3n) is 1.33. The minimum atomic E-state index is -0.964. The molecule has 0 saturated carbocycles. The lowest BCUT2D eigenvalue weighted by Gasteiger charge is -1.97. The first-order chi connectivity index (χ1) is 5.79. The number of rotatable bonds is 4. The van der Waals surface area contributed by atoms with E-state index in [4.69, 9.17) is 5.11 Å². The number of nitrogens with one attached hydrogen (secondary N) is 1. The monoisotopic (exact) mass is 186 g/mol. The van der Waals surface area contributed by atoms with Crippen LogP contribution >= 0.6 is 11.3 Å². The van der Waals surface area contributed by atoms with E-state index in [1.807, 2.05) is 5.38 Å². The predicted molar refractivity (Wildman–Crippen MR) is 46.5 cm³/mol. The van der Waals surface area contributed by atoms with Gasteiger partial charge in [0.1, 0.15) is 0 Å². The van der Waals surface area contributed by atoms with Crippen LogP contribution in [0.15, 0.2) is 11.6 Å². The molecule has 0 saturated heterocycles. The number of carbonyl (C=O) groups is 1. The van der Waals surface area contributed by atoms with Crippen LogP contribution in [0.5, 0.6) is 0 Å². The van der Waals surface area contributed by atoms with Crippen molar-refractivity contribution in [2.24, 2.45) is 0 Å². The molecular formula is C7H10N2O2S. The number of nitrogens with zero attached hydrogens (tertiary/aromatic N) is 1. The Kier molecular flexibility index (Phi) is 3.53. The Hall–Kier alpha value is -1.10. The van der Waals surface area contributed by atoms with E-state index in [2.05, 4.69) is 10.3 Å². The van der Waals surface area contributed by atoms with Crippen molar-refractivity contribution in [2.45, 2.75) is 12.8 Å². The van der Waals surface area contributed by atoms with Crippen molar-refractivity contribution in [2.75, 3.05) is 6.54 Å². The molecular weight excluding hydrogens is 176 g/mol. The lowest BCUT2D eigenvalue weighted by molar-refractivity contribution is 0.194. The summed E-state index contributed by atoms with van der Waals surface area (Å²) in [7, 11) is 0. The molecule has 0 spiro atoms. The van der Waals surface area contributed by atoms with Crippen LogP contribution in [0.25, 0.3) is 0 Å². The Morgan fingerprint density at radius 2 is 2.58 bits per heavy atom. The zero-order valence-corrected chi connectivity index (χ0v) is 7.30. The fourth-order valence-electron chi connectivity index (χ4n) is 0.811. The predicted octanol–water partition coefficient (Wildman–Crippen LogP) is 1.34. The molecule has 0 aliphatic heterocycles. The van der Waals surface area contributed by atoms with Crippen molar-refractivity contribution >= 4 is 17.4 Å². The van der Waals surface area contributed by atoms with Crippen LogP contribution in [0.4, 0.5) is 4.79 Å². The van der Waals surface area contributed by atoms with Gasteiger partial charge in [-0.25, -0.2) is 9.78 Å². The Morgan fingerprint density at radius 1 is 1.75 bits per heavy atom. The van der Waals surface area contributed by atoms with E-state index < -0.39 is 6.09 Å². The van der Waals surface area contributed by atoms with Gasteiger partial charge in [0.25, 0.3) is 0 Å². The molecule has 0 aliphatic carbocycles. The highest BCUT2D eigenvalue weighted by Crippen LogP contribution is 2.05. The minimum absolute atomic E-state index is 0.495. The van der Waals surface area contributed by atoms with E-state index in [0.29, 0.717) is 6.54 Å². The van der Waals surface area contributed by atoms with Crippen molar-refractivity contribution < 1.29 is 9.90 Å². The molecule has 1 rings (SSSR count). The van der Waals surface area contributed by atoms with Crippen LogP contribution in [-0.4, -0.2) is 22.7 Å². The summed E-state index contributed by atoms with van der Waals surface area (Å²) in [5.41, 5.74) is 0. The van der Waals surface area contributed by atoms with Crippen LogP contribution in [0.1, 0.15) is 11.4 Å². The number of aryl methyl sites for hydroxylation is 1. The van der Waals surface area contributed by atoms with E-state index >= 15 is 0 Å². The Bertz CT molecular complexity index is 236. The molecule has 0 bridgehead atoms. The van der Waals surface area contributed by atoms with Crippen molar-refractivity contribution in [3.63, 3.8) is 0 Å². The van der Waals surface area contributed by atoms with Crippen LogP contribution in [-0.2, 0) is 6.42 Å². The second-order valence-corrected chi connectivity index (χ2v) is 3.24. The van der Waals surface area contributed by atoms with Gasteiger partial charge in [0.2, 0.25) is 0 Å². The van der Waals surface area contributed by atoms with Gasteiger partial charge in [0.05, 0.1) is 5.01 Å². The van der Waals surface area contributed by atoms with Gasteiger partial charge < -0.3 is 10.4 Å². The lowest BCUT2D eigenvalue weighted by atomic mass is 10.3. The number of aromatic nitrogens is 1. The van der Waals surface area contributed by atoms with Gasteiger partial charge >= 0.3 is 6.09 Å². The molecule has 66 valence electrons. The largest absolute Gasteiger partial charge is 0.465 e. The summed E-state index contributed by atoms with van der Waals surface area (Å²) >= 11 is 1.60. The fourth-order valence-corrected chi connectivity index (χ4v) is 1.47. The number of hydrogen-bond acceptors (Lipinski definition) is 3. The molecule has 5 heteroatoms. The fraction of sp³-hybridized carbons (Fsp3) is 0.429. The molecule has 0 atom stereocenters. The average molecular weight is 186 g/mol. The van der Waals surface area contributed by atoms with Gasteiger partial charge in [-0.05, 0) is 6.42 Å². The van der Waals surface area contributed by atoms with E-state index in [-0.39, 0.29) is 0 Å². The zero-order valence-electron chi connectivity index (χ0n) is 6.49. The molecule has 0 aliphatic rings. The second kappa shape index (κ2) is 4.71. The first-order valence-electron chi connectivity index (χ1n) is 3.64. The molecule has 12 heavy (non-hydrogen) atoms. The van der Waals surface area contributed by atoms with Crippen LogP contribution in [0, 0.1) is 0 Å². The molecule has 0 fully saturated rings. The summed E-state index contributed by atoms with van der Waals surface area (Å²) in [5.74, 6) is 0. The Labute approximate surface area is 74.3 Å². The zero-order chi connectivity index (χ0) is 8.81. The maximum Gasteiger partial charge on any atom is 0.404 e. The topological polar surface area (TPSA) is 62.2 Å². The SMILES string of the molecule is O=C(O)NCCCc1nccs1. The van der Waals surface area contributed by atoms with Gasteiger partial charge in [-0.2, -0.15) is 0 Å². The Balaban J connectivity index is 2.07. The van der Waals surface area contributed by atoms with Crippen molar-refractivity contribution in [1.82, 2.24) is 10.3 Å². The maximum atomic E-state index is 10.0. The van der Waals surface area contributed by atoms with Crippen LogP contribution in [0.2, 0.25) is 0 Å². The van der Waals surface area contributed by atoms with Crippen molar-refractivity contribution in [3.05, 3.63) is 16.6 Å². The van der Waals surface area contributed by atoms with E-state index in [1.54, 1.807) is 17.5 Å². The van der Waals surface area contributed by atoms with Gasteiger partial charge in [-0.15, -0.1) is 11.3 Å².